The van der Waals surface area contributed by atoms with Crippen LogP contribution >= 0.6 is 11.3 Å². The van der Waals surface area contributed by atoms with Crippen molar-refractivity contribution in [1.29, 1.82) is 0 Å². The highest BCUT2D eigenvalue weighted by Gasteiger charge is 2.31. The van der Waals surface area contributed by atoms with Gasteiger partial charge in [-0.1, -0.05) is 26.8 Å². The molecule has 1 heterocycles. The summed E-state index contributed by atoms with van der Waals surface area (Å²) in [6.07, 6.45) is 0. The fourth-order valence-corrected chi connectivity index (χ4v) is 3.73. The molecule has 0 amide bonds. The Labute approximate surface area is 128 Å². The summed E-state index contributed by atoms with van der Waals surface area (Å²) in [6.45, 7) is 9.19. The highest BCUT2D eigenvalue weighted by molar-refractivity contribution is 7.16. The maximum absolute atomic E-state index is 11.6. The first-order chi connectivity index (χ1) is 9.97. The molecular weight excluding hydrogens is 286 g/mol. The molecule has 114 valence electrons. The van der Waals surface area contributed by atoms with Crippen LogP contribution in [0.1, 0.15) is 39.2 Å². The minimum absolute atomic E-state index is 0.0800. The Kier molecular flexibility index (Phi) is 4.90. The fraction of sp³-hybridized carbons (Fsp3) is 0.533. The van der Waals surface area contributed by atoms with Crippen molar-refractivity contribution in [3.63, 3.8) is 0 Å². The molecule has 2 unspecified atom stereocenters. The van der Waals surface area contributed by atoms with E-state index in [1.165, 1.54) is 11.3 Å². The van der Waals surface area contributed by atoms with Crippen LogP contribution in [-0.4, -0.2) is 22.5 Å². The average molecular weight is 307 g/mol. The van der Waals surface area contributed by atoms with Gasteiger partial charge in [0.05, 0.1) is 15.1 Å². The molecule has 0 saturated heterocycles. The van der Waals surface area contributed by atoms with Crippen LogP contribution in [0.5, 0.6) is 0 Å². The molecule has 0 aliphatic heterocycles. The number of thiazole rings is 1. The van der Waals surface area contributed by atoms with Gasteiger partial charge >= 0.3 is 0 Å². The number of nitrogens with zero attached hydrogens (tertiary/aromatic N) is 2. The molecular formula is C15H21N3O2S. The van der Waals surface area contributed by atoms with Gasteiger partial charge in [-0.25, -0.2) is 4.98 Å². The van der Waals surface area contributed by atoms with Crippen LogP contribution in [0, 0.1) is 16.0 Å². The lowest BCUT2D eigenvalue weighted by Gasteiger charge is -2.28. The quantitative estimate of drug-likeness (QED) is 0.648. The van der Waals surface area contributed by atoms with E-state index < -0.39 is 0 Å². The van der Waals surface area contributed by atoms with E-state index in [0.717, 1.165) is 16.8 Å². The van der Waals surface area contributed by atoms with Crippen molar-refractivity contribution < 1.29 is 4.92 Å². The van der Waals surface area contributed by atoms with Gasteiger partial charge in [-0.2, -0.15) is 0 Å². The zero-order valence-corrected chi connectivity index (χ0v) is 13.6. The molecule has 1 N–H and O–H groups in total. The number of nitro benzene ring substituents is 1. The largest absolute Gasteiger partial charge is 0.314 e. The summed E-state index contributed by atoms with van der Waals surface area (Å²) in [5, 5.41) is 15.0. The third-order valence-corrected chi connectivity index (χ3v) is 4.63. The first-order valence-corrected chi connectivity index (χ1v) is 8.09. The van der Waals surface area contributed by atoms with Crippen molar-refractivity contribution in [2.45, 2.75) is 39.7 Å². The van der Waals surface area contributed by atoms with E-state index in [-0.39, 0.29) is 22.6 Å². The Morgan fingerprint density at radius 3 is 2.67 bits per heavy atom. The average Bonchev–Trinajstić information content (AvgIpc) is 2.86. The summed E-state index contributed by atoms with van der Waals surface area (Å²) < 4.78 is 0.865. The Morgan fingerprint density at radius 2 is 2.10 bits per heavy atom. The summed E-state index contributed by atoms with van der Waals surface area (Å²) in [4.78, 5) is 15.5. The summed E-state index contributed by atoms with van der Waals surface area (Å²) in [6, 6.07) is 4.02. The SMILES string of the molecule is CCNC(C)C(c1ccc2scnc2c1[N+](=O)[O-])C(C)C. The first-order valence-electron chi connectivity index (χ1n) is 7.21. The predicted molar refractivity (Wildman–Crippen MR) is 87.0 cm³/mol. The second-order valence-electron chi connectivity index (χ2n) is 5.58. The maximum Gasteiger partial charge on any atom is 0.299 e. The van der Waals surface area contributed by atoms with Gasteiger partial charge in [-0.05, 0) is 25.5 Å². The highest BCUT2D eigenvalue weighted by Crippen LogP contribution is 2.39. The number of aromatic nitrogens is 1. The minimum atomic E-state index is -0.286. The smallest absolute Gasteiger partial charge is 0.299 e. The Balaban J connectivity index is 2.61. The molecule has 0 bridgehead atoms. The van der Waals surface area contributed by atoms with Gasteiger partial charge in [-0.3, -0.25) is 10.1 Å². The Morgan fingerprint density at radius 1 is 1.38 bits per heavy atom. The van der Waals surface area contributed by atoms with E-state index in [2.05, 4.69) is 31.1 Å². The van der Waals surface area contributed by atoms with E-state index in [9.17, 15) is 10.1 Å². The summed E-state index contributed by atoms with van der Waals surface area (Å²) in [5.74, 6) is 0.380. The van der Waals surface area contributed by atoms with Gasteiger partial charge in [0.15, 0.2) is 5.52 Å². The van der Waals surface area contributed by atoms with Crippen molar-refractivity contribution in [2.24, 2.45) is 5.92 Å². The molecule has 0 saturated carbocycles. The number of benzene rings is 1. The molecule has 1 aromatic heterocycles. The van der Waals surface area contributed by atoms with E-state index >= 15 is 0 Å². The molecule has 0 spiro atoms. The number of fused-ring (bicyclic) bond motifs is 1. The van der Waals surface area contributed by atoms with Crippen LogP contribution in [0.25, 0.3) is 10.2 Å². The van der Waals surface area contributed by atoms with Gasteiger partial charge in [0.25, 0.3) is 5.69 Å². The zero-order valence-electron chi connectivity index (χ0n) is 12.8. The normalized spacial score (nSPS) is 14.5. The lowest BCUT2D eigenvalue weighted by atomic mass is 9.82. The minimum Gasteiger partial charge on any atom is -0.314 e. The standard InChI is InChI=1S/C15H21N3O2S/c1-5-16-10(4)13(9(2)3)11-6-7-12-14(17-8-21-12)15(11)18(19)20/h6-10,13,16H,5H2,1-4H3. The molecule has 0 aliphatic carbocycles. The number of hydrogen-bond acceptors (Lipinski definition) is 5. The molecule has 0 fully saturated rings. The van der Waals surface area contributed by atoms with Gasteiger partial charge < -0.3 is 5.32 Å². The first kappa shape index (κ1) is 15.9. The van der Waals surface area contributed by atoms with Crippen LogP contribution in [0.4, 0.5) is 5.69 Å². The second kappa shape index (κ2) is 6.49. The molecule has 1 aromatic carbocycles. The molecule has 2 aromatic rings. The van der Waals surface area contributed by atoms with Gasteiger partial charge in [0.1, 0.15) is 0 Å². The lowest BCUT2D eigenvalue weighted by Crippen LogP contribution is -2.34. The van der Waals surface area contributed by atoms with Crippen LogP contribution in [-0.2, 0) is 0 Å². The molecule has 21 heavy (non-hydrogen) atoms. The molecule has 0 radical (unpaired) electrons. The van der Waals surface area contributed by atoms with E-state index in [1.54, 1.807) is 5.51 Å². The molecule has 2 rings (SSSR count). The number of hydrogen-bond donors (Lipinski definition) is 1. The molecule has 6 heteroatoms. The number of rotatable bonds is 6. The third-order valence-electron chi connectivity index (χ3n) is 3.83. The van der Waals surface area contributed by atoms with Crippen molar-refractivity contribution >= 4 is 27.2 Å². The van der Waals surface area contributed by atoms with Crippen molar-refractivity contribution in [1.82, 2.24) is 10.3 Å². The summed E-state index contributed by atoms with van der Waals surface area (Å²) in [5.41, 5.74) is 3.12. The van der Waals surface area contributed by atoms with Gasteiger partial charge in [-0.15, -0.1) is 11.3 Å². The van der Waals surface area contributed by atoms with Crippen molar-refractivity contribution in [3.05, 3.63) is 33.3 Å². The predicted octanol–water partition coefficient (Wildman–Crippen LogP) is 3.94. The molecule has 5 nitrogen and oxygen atoms in total. The third kappa shape index (κ3) is 3.06. The second-order valence-corrected chi connectivity index (χ2v) is 6.46. The van der Waals surface area contributed by atoms with E-state index in [1.807, 2.05) is 19.1 Å². The van der Waals surface area contributed by atoms with Gasteiger partial charge in [0, 0.05) is 17.5 Å². The maximum atomic E-state index is 11.6. The van der Waals surface area contributed by atoms with Crippen molar-refractivity contribution in [2.75, 3.05) is 6.54 Å². The lowest BCUT2D eigenvalue weighted by molar-refractivity contribution is -0.384. The zero-order chi connectivity index (χ0) is 15.6. The van der Waals surface area contributed by atoms with Crippen LogP contribution in [0.2, 0.25) is 0 Å². The Hall–Kier alpha value is -1.53. The molecule has 2 atom stereocenters. The van der Waals surface area contributed by atoms with Crippen molar-refractivity contribution in [3.8, 4) is 0 Å². The fourth-order valence-electron chi connectivity index (χ4n) is 3.05. The monoisotopic (exact) mass is 307 g/mol. The van der Waals surface area contributed by atoms with Crippen LogP contribution in [0.15, 0.2) is 17.6 Å². The number of nitro groups is 1. The van der Waals surface area contributed by atoms with E-state index in [0.29, 0.717) is 11.4 Å². The summed E-state index contributed by atoms with van der Waals surface area (Å²) >= 11 is 1.44. The number of likely N-dealkylation sites (N-methyl/N-ethyl adjacent to an activating group) is 1. The van der Waals surface area contributed by atoms with E-state index in [4.69, 9.17) is 0 Å². The Bertz CT molecular complexity index is 639. The van der Waals surface area contributed by atoms with Gasteiger partial charge in [0.2, 0.25) is 0 Å². The topological polar surface area (TPSA) is 68.1 Å². The van der Waals surface area contributed by atoms with Crippen LogP contribution < -0.4 is 5.32 Å². The summed E-state index contributed by atoms with van der Waals surface area (Å²) in [7, 11) is 0. The molecule has 0 aliphatic rings. The number of nitrogens with one attached hydrogen (secondary N) is 1. The highest BCUT2D eigenvalue weighted by atomic mass is 32.1. The van der Waals surface area contributed by atoms with Crippen LogP contribution in [0.3, 0.4) is 0 Å².